The summed E-state index contributed by atoms with van der Waals surface area (Å²) in [5, 5.41) is 8.64. The molecule has 0 unspecified atom stereocenters. The largest absolute Gasteiger partial charge is 0.463 e. The molecule has 0 aliphatic carbocycles. The molecule has 0 aromatic carbocycles. The highest BCUT2D eigenvalue weighted by molar-refractivity contribution is 7.71. The summed E-state index contributed by atoms with van der Waals surface area (Å²) in [6, 6.07) is 3.13. The van der Waals surface area contributed by atoms with Gasteiger partial charge in [0.15, 0.2) is 0 Å². The van der Waals surface area contributed by atoms with Gasteiger partial charge in [-0.2, -0.15) is 22.9 Å². The molecule has 0 amide bonds. The first-order valence-corrected chi connectivity index (χ1v) is 4.72. The molecule has 0 saturated carbocycles. The average Bonchev–Trinajstić information content (AvgIpc) is 2.83. The second-order valence-electron chi connectivity index (χ2n) is 2.92. The normalized spacial score (nSPS) is 12.4. The Bertz CT molecular complexity index is 581. The van der Waals surface area contributed by atoms with Gasteiger partial charge in [0, 0.05) is 0 Å². The van der Waals surface area contributed by atoms with E-state index in [1.165, 1.54) is 6.26 Å². The third-order valence-corrected chi connectivity index (χ3v) is 2.01. The fraction of sp³-hybridized carbons (Fsp3) is 0.125. The molecule has 1 N–H and O–H groups in total. The van der Waals surface area contributed by atoms with Gasteiger partial charge in [0.1, 0.15) is 5.76 Å². The van der Waals surface area contributed by atoms with Crippen LogP contribution in [0.4, 0.5) is 13.2 Å². The Morgan fingerprint density at radius 2 is 2.29 bits per heavy atom. The molecular formula is C8H5F3N4OS. The van der Waals surface area contributed by atoms with Crippen molar-refractivity contribution in [2.75, 3.05) is 0 Å². The monoisotopic (exact) mass is 262 g/mol. The Hall–Kier alpha value is -1.90. The van der Waals surface area contributed by atoms with Gasteiger partial charge < -0.3 is 4.42 Å². The molecule has 2 aromatic rings. The van der Waals surface area contributed by atoms with Gasteiger partial charge in [-0.25, -0.2) is 5.10 Å². The predicted molar refractivity (Wildman–Crippen MR) is 54.1 cm³/mol. The molecule has 0 radical (unpaired) electrons. The van der Waals surface area contributed by atoms with Gasteiger partial charge in [-0.05, 0) is 24.4 Å². The zero-order valence-corrected chi connectivity index (χ0v) is 8.92. The van der Waals surface area contributed by atoms with E-state index in [0.717, 1.165) is 6.21 Å². The van der Waals surface area contributed by atoms with Crippen molar-refractivity contribution in [1.82, 2.24) is 14.9 Å². The summed E-state index contributed by atoms with van der Waals surface area (Å²) in [6.45, 7) is 0. The first kappa shape index (κ1) is 11.6. The van der Waals surface area contributed by atoms with Crippen LogP contribution in [0.5, 0.6) is 0 Å². The molecule has 2 aromatic heterocycles. The van der Waals surface area contributed by atoms with Gasteiger partial charge in [-0.1, -0.05) is 0 Å². The van der Waals surface area contributed by atoms with Crippen LogP contribution in [0.3, 0.4) is 0 Å². The number of hydrogen-bond acceptors (Lipinski definition) is 4. The zero-order chi connectivity index (χ0) is 12.5. The molecule has 5 nitrogen and oxygen atoms in total. The molecule has 0 spiro atoms. The van der Waals surface area contributed by atoms with E-state index in [-0.39, 0.29) is 4.77 Å². The number of H-pyrrole nitrogens is 1. The van der Waals surface area contributed by atoms with Crippen LogP contribution < -0.4 is 0 Å². The number of aromatic nitrogens is 3. The quantitative estimate of drug-likeness (QED) is 0.668. The molecule has 2 heterocycles. The number of furan rings is 1. The molecule has 17 heavy (non-hydrogen) atoms. The molecule has 0 saturated heterocycles. The maximum Gasteiger partial charge on any atom is 0.453 e. The highest BCUT2D eigenvalue weighted by Crippen LogP contribution is 2.27. The summed E-state index contributed by atoms with van der Waals surface area (Å²) in [7, 11) is 0. The third-order valence-electron chi connectivity index (χ3n) is 1.75. The van der Waals surface area contributed by atoms with Gasteiger partial charge >= 0.3 is 6.18 Å². The van der Waals surface area contributed by atoms with Crippen molar-refractivity contribution >= 4 is 18.4 Å². The van der Waals surface area contributed by atoms with Crippen LogP contribution in [0, 0.1) is 4.77 Å². The number of nitrogens with one attached hydrogen (secondary N) is 1. The number of halogens is 3. The van der Waals surface area contributed by atoms with Gasteiger partial charge in [0.2, 0.25) is 4.77 Å². The highest BCUT2D eigenvalue weighted by Gasteiger charge is 2.37. The smallest absolute Gasteiger partial charge is 0.453 e. The number of nitrogens with zero attached hydrogens (tertiary/aromatic N) is 3. The van der Waals surface area contributed by atoms with Crippen LogP contribution in [-0.2, 0) is 6.18 Å². The summed E-state index contributed by atoms with van der Waals surface area (Å²) < 4.78 is 42.6. The summed E-state index contributed by atoms with van der Waals surface area (Å²) >= 11 is 4.64. The maximum absolute atomic E-state index is 12.5. The van der Waals surface area contributed by atoms with Crippen LogP contribution in [0.25, 0.3) is 0 Å². The van der Waals surface area contributed by atoms with Crippen LogP contribution in [-0.4, -0.2) is 21.1 Å². The van der Waals surface area contributed by atoms with Crippen molar-refractivity contribution in [3.05, 3.63) is 34.8 Å². The minimum absolute atomic E-state index is 0.250. The van der Waals surface area contributed by atoms with Gasteiger partial charge in [0.25, 0.3) is 5.82 Å². The Labute approximate surface area is 97.6 Å². The van der Waals surface area contributed by atoms with E-state index in [1.54, 1.807) is 12.1 Å². The van der Waals surface area contributed by atoms with Crippen molar-refractivity contribution in [3.63, 3.8) is 0 Å². The Morgan fingerprint density at radius 3 is 2.88 bits per heavy atom. The Morgan fingerprint density at radius 1 is 1.53 bits per heavy atom. The second-order valence-corrected chi connectivity index (χ2v) is 3.31. The van der Waals surface area contributed by atoms with E-state index < -0.39 is 12.0 Å². The zero-order valence-electron chi connectivity index (χ0n) is 8.10. The van der Waals surface area contributed by atoms with Crippen molar-refractivity contribution in [3.8, 4) is 0 Å². The van der Waals surface area contributed by atoms with E-state index in [9.17, 15) is 13.2 Å². The maximum atomic E-state index is 12.5. The van der Waals surface area contributed by atoms with E-state index in [4.69, 9.17) is 4.42 Å². The summed E-state index contributed by atoms with van der Waals surface area (Å²) in [6.07, 6.45) is -2.14. The predicted octanol–water partition coefficient (Wildman–Crippen LogP) is 2.43. The highest BCUT2D eigenvalue weighted by atomic mass is 32.1. The first-order valence-electron chi connectivity index (χ1n) is 4.31. The number of alkyl halides is 3. The molecule has 0 atom stereocenters. The molecule has 0 bridgehead atoms. The number of rotatable bonds is 2. The van der Waals surface area contributed by atoms with Gasteiger partial charge in [-0.15, -0.1) is 5.10 Å². The second kappa shape index (κ2) is 4.17. The topological polar surface area (TPSA) is 59.1 Å². The van der Waals surface area contributed by atoms with E-state index in [1.807, 2.05) is 5.10 Å². The van der Waals surface area contributed by atoms with Gasteiger partial charge in [-0.3, -0.25) is 0 Å². The Kier molecular flexibility index (Phi) is 2.84. The van der Waals surface area contributed by atoms with Crippen LogP contribution >= 0.6 is 12.2 Å². The number of hydrogen-bond donors (Lipinski definition) is 1. The van der Waals surface area contributed by atoms with Crippen LogP contribution in [0.2, 0.25) is 0 Å². The molecule has 90 valence electrons. The van der Waals surface area contributed by atoms with Crippen LogP contribution in [0.15, 0.2) is 27.9 Å². The van der Waals surface area contributed by atoms with Crippen molar-refractivity contribution in [1.29, 1.82) is 0 Å². The lowest BCUT2D eigenvalue weighted by Gasteiger charge is -2.03. The fourth-order valence-electron chi connectivity index (χ4n) is 1.06. The van der Waals surface area contributed by atoms with Crippen molar-refractivity contribution < 1.29 is 17.6 Å². The van der Waals surface area contributed by atoms with E-state index in [0.29, 0.717) is 10.4 Å². The standard InChI is InChI=1S/C8H5F3N4OS/c9-8(10,11)6-13-14-7(17)15(6)12-4-5-2-1-3-16-5/h1-4H,(H,14,17)/b12-4+. The van der Waals surface area contributed by atoms with Gasteiger partial charge in [0.05, 0.1) is 12.5 Å². The molecule has 0 aliphatic heterocycles. The SMILES string of the molecule is FC(F)(F)c1n[nH]c(=S)n1/N=C/c1ccco1. The molecule has 0 fully saturated rings. The minimum atomic E-state index is -4.63. The molecule has 0 aliphatic rings. The minimum Gasteiger partial charge on any atom is -0.463 e. The van der Waals surface area contributed by atoms with Crippen molar-refractivity contribution in [2.45, 2.75) is 6.18 Å². The first-order chi connectivity index (χ1) is 7.98. The van der Waals surface area contributed by atoms with Crippen molar-refractivity contribution in [2.24, 2.45) is 5.10 Å². The Balaban J connectivity index is 2.39. The molecular weight excluding hydrogens is 257 g/mol. The molecule has 9 heteroatoms. The van der Waals surface area contributed by atoms with Crippen LogP contribution in [0.1, 0.15) is 11.6 Å². The lowest BCUT2D eigenvalue weighted by Crippen LogP contribution is -2.12. The lowest BCUT2D eigenvalue weighted by atomic mass is 10.5. The summed E-state index contributed by atoms with van der Waals surface area (Å²) in [5.74, 6) is -0.911. The third kappa shape index (κ3) is 2.44. The summed E-state index contributed by atoms with van der Waals surface area (Å²) in [5.41, 5.74) is 0. The summed E-state index contributed by atoms with van der Waals surface area (Å²) in [4.78, 5) is 0. The number of aromatic amines is 1. The molecule has 2 rings (SSSR count). The fourth-order valence-corrected chi connectivity index (χ4v) is 1.24. The van der Waals surface area contributed by atoms with E-state index >= 15 is 0 Å². The van der Waals surface area contributed by atoms with E-state index in [2.05, 4.69) is 22.4 Å². The average molecular weight is 262 g/mol. The lowest BCUT2D eigenvalue weighted by molar-refractivity contribution is -0.147.